The molecule has 1 saturated carbocycles. The SMILES string of the molecule is C=CNC(=NCCC1CC(C(C)CCC2=CCCC=C2)C1)/C(C=C)=C\C. The average molecular weight is 353 g/mol. The smallest absolute Gasteiger partial charge is 0.131 e. The van der Waals surface area contributed by atoms with Crippen molar-refractivity contribution in [2.75, 3.05) is 6.54 Å². The predicted molar refractivity (Wildman–Crippen MR) is 115 cm³/mol. The first-order valence-electron chi connectivity index (χ1n) is 10.2. The van der Waals surface area contributed by atoms with E-state index >= 15 is 0 Å². The van der Waals surface area contributed by atoms with E-state index in [2.05, 4.69) is 43.6 Å². The minimum Gasteiger partial charge on any atom is -0.347 e. The number of hydrogen-bond donors (Lipinski definition) is 1. The Morgan fingerprint density at radius 1 is 1.35 bits per heavy atom. The van der Waals surface area contributed by atoms with Crippen LogP contribution in [0.1, 0.15) is 58.8 Å². The van der Waals surface area contributed by atoms with E-state index in [4.69, 9.17) is 4.99 Å². The Morgan fingerprint density at radius 2 is 2.15 bits per heavy atom. The summed E-state index contributed by atoms with van der Waals surface area (Å²) in [5.74, 6) is 3.50. The molecule has 0 aromatic rings. The summed E-state index contributed by atoms with van der Waals surface area (Å²) in [6, 6.07) is 0. The van der Waals surface area contributed by atoms with Gasteiger partial charge in [-0.05, 0) is 75.8 Å². The molecule has 1 atom stereocenters. The molecule has 2 heteroatoms. The van der Waals surface area contributed by atoms with Gasteiger partial charge in [0.15, 0.2) is 0 Å². The van der Waals surface area contributed by atoms with Crippen molar-refractivity contribution in [2.45, 2.75) is 58.8 Å². The van der Waals surface area contributed by atoms with Gasteiger partial charge in [-0.2, -0.15) is 0 Å². The fraction of sp³-hybridized carbons (Fsp3) is 0.542. The van der Waals surface area contributed by atoms with Gasteiger partial charge in [0.1, 0.15) is 5.84 Å². The van der Waals surface area contributed by atoms with E-state index in [9.17, 15) is 0 Å². The standard InChI is InChI=1S/C24H36N2/c1-5-22(6-2)24(25-7-3)26-16-15-21-17-23(18-21)19(4)13-14-20-11-9-8-10-12-20/h5-7,9,11-12,19,21,23H,1,3,8,10,13-18H2,2,4H3,(H,25,26)/b22-6-. The first-order chi connectivity index (χ1) is 12.7. The van der Waals surface area contributed by atoms with Crippen molar-refractivity contribution in [2.24, 2.45) is 22.7 Å². The molecular weight excluding hydrogens is 316 g/mol. The monoisotopic (exact) mass is 352 g/mol. The number of nitrogens with one attached hydrogen (secondary N) is 1. The Balaban J connectivity index is 1.68. The molecule has 0 aromatic carbocycles. The zero-order valence-electron chi connectivity index (χ0n) is 16.7. The van der Waals surface area contributed by atoms with Crippen molar-refractivity contribution in [3.05, 3.63) is 60.9 Å². The van der Waals surface area contributed by atoms with Crippen molar-refractivity contribution in [3.63, 3.8) is 0 Å². The van der Waals surface area contributed by atoms with Crippen molar-refractivity contribution < 1.29 is 0 Å². The number of hydrogen-bond acceptors (Lipinski definition) is 1. The molecule has 0 spiro atoms. The van der Waals surface area contributed by atoms with Crippen molar-refractivity contribution in [3.8, 4) is 0 Å². The van der Waals surface area contributed by atoms with Gasteiger partial charge < -0.3 is 5.32 Å². The fourth-order valence-corrected chi connectivity index (χ4v) is 4.00. The van der Waals surface area contributed by atoms with Crippen LogP contribution in [0.2, 0.25) is 0 Å². The number of allylic oxidation sites excluding steroid dienone is 5. The summed E-state index contributed by atoms with van der Waals surface area (Å²) in [5.41, 5.74) is 2.59. The molecular formula is C24H36N2. The highest BCUT2D eigenvalue weighted by molar-refractivity contribution is 6.01. The third kappa shape index (κ3) is 6.16. The van der Waals surface area contributed by atoms with Gasteiger partial charge in [-0.25, -0.2) is 0 Å². The molecule has 1 fully saturated rings. The summed E-state index contributed by atoms with van der Waals surface area (Å²) in [6.07, 6.45) is 21.6. The highest BCUT2D eigenvalue weighted by Crippen LogP contribution is 2.42. The third-order valence-electron chi connectivity index (χ3n) is 5.89. The summed E-state index contributed by atoms with van der Waals surface area (Å²) < 4.78 is 0. The van der Waals surface area contributed by atoms with Gasteiger partial charge in [0.2, 0.25) is 0 Å². The Hall–Kier alpha value is -1.83. The quantitative estimate of drug-likeness (QED) is 0.276. The fourth-order valence-electron chi connectivity index (χ4n) is 4.00. The lowest BCUT2D eigenvalue weighted by Crippen LogP contribution is -2.29. The van der Waals surface area contributed by atoms with Gasteiger partial charge in [-0.1, -0.05) is 56.0 Å². The van der Waals surface area contributed by atoms with Gasteiger partial charge >= 0.3 is 0 Å². The predicted octanol–water partition coefficient (Wildman–Crippen LogP) is 6.36. The van der Waals surface area contributed by atoms with E-state index < -0.39 is 0 Å². The second-order valence-electron chi connectivity index (χ2n) is 7.69. The molecule has 0 aliphatic heterocycles. The summed E-state index contributed by atoms with van der Waals surface area (Å²) in [5, 5.41) is 3.13. The first-order valence-corrected chi connectivity index (χ1v) is 10.2. The van der Waals surface area contributed by atoms with Crippen LogP contribution in [0, 0.1) is 17.8 Å². The van der Waals surface area contributed by atoms with E-state index in [0.717, 1.165) is 35.7 Å². The molecule has 26 heavy (non-hydrogen) atoms. The molecule has 0 aromatic heterocycles. The molecule has 0 heterocycles. The lowest BCUT2D eigenvalue weighted by molar-refractivity contribution is 0.122. The molecule has 0 radical (unpaired) electrons. The van der Waals surface area contributed by atoms with Crippen LogP contribution < -0.4 is 5.32 Å². The molecule has 1 unspecified atom stereocenters. The maximum Gasteiger partial charge on any atom is 0.131 e. The van der Waals surface area contributed by atoms with E-state index in [1.807, 2.05) is 19.1 Å². The van der Waals surface area contributed by atoms with Crippen molar-refractivity contribution in [1.82, 2.24) is 5.32 Å². The average Bonchev–Trinajstić information content (AvgIpc) is 2.63. The molecule has 2 aliphatic carbocycles. The zero-order valence-corrected chi connectivity index (χ0v) is 16.7. The summed E-state index contributed by atoms with van der Waals surface area (Å²) in [4.78, 5) is 4.72. The minimum atomic E-state index is 0.847. The lowest BCUT2D eigenvalue weighted by atomic mass is 9.67. The molecule has 2 aliphatic rings. The highest BCUT2D eigenvalue weighted by Gasteiger charge is 2.32. The number of aliphatic imine (C=N–C) groups is 1. The van der Waals surface area contributed by atoms with Crippen LogP contribution in [0.3, 0.4) is 0 Å². The molecule has 2 nitrogen and oxygen atoms in total. The molecule has 2 rings (SSSR count). The van der Waals surface area contributed by atoms with Gasteiger partial charge in [0, 0.05) is 12.1 Å². The maximum atomic E-state index is 4.72. The lowest BCUT2D eigenvalue weighted by Gasteiger charge is -2.39. The number of nitrogens with zero attached hydrogens (tertiary/aromatic N) is 1. The van der Waals surface area contributed by atoms with E-state index in [1.54, 1.807) is 11.8 Å². The second kappa shape index (κ2) is 11.0. The van der Waals surface area contributed by atoms with Crippen molar-refractivity contribution >= 4 is 5.84 Å². The Labute approximate surface area is 160 Å². The van der Waals surface area contributed by atoms with Crippen LogP contribution in [0.15, 0.2) is 65.9 Å². The van der Waals surface area contributed by atoms with Crippen LogP contribution in [-0.2, 0) is 0 Å². The van der Waals surface area contributed by atoms with Gasteiger partial charge in [-0.15, -0.1) is 0 Å². The second-order valence-corrected chi connectivity index (χ2v) is 7.69. The molecule has 142 valence electrons. The normalized spacial score (nSPS) is 24.5. The van der Waals surface area contributed by atoms with Crippen LogP contribution in [0.5, 0.6) is 0 Å². The topological polar surface area (TPSA) is 24.4 Å². The van der Waals surface area contributed by atoms with E-state index in [1.165, 1.54) is 44.9 Å². The number of rotatable bonds is 10. The van der Waals surface area contributed by atoms with E-state index in [-0.39, 0.29) is 0 Å². The van der Waals surface area contributed by atoms with Crippen molar-refractivity contribution in [1.29, 1.82) is 0 Å². The van der Waals surface area contributed by atoms with Crippen LogP contribution in [0.4, 0.5) is 0 Å². The maximum absolute atomic E-state index is 4.72. The summed E-state index contributed by atoms with van der Waals surface area (Å²) >= 11 is 0. The molecule has 0 amide bonds. The molecule has 0 bridgehead atoms. The van der Waals surface area contributed by atoms with Gasteiger partial charge in [-0.3, -0.25) is 4.99 Å². The van der Waals surface area contributed by atoms with Crippen LogP contribution in [0.25, 0.3) is 0 Å². The molecule has 1 N–H and O–H groups in total. The third-order valence-corrected chi connectivity index (χ3v) is 5.89. The van der Waals surface area contributed by atoms with Crippen LogP contribution >= 0.6 is 0 Å². The Kier molecular flexibility index (Phi) is 8.67. The van der Waals surface area contributed by atoms with E-state index in [0.29, 0.717) is 0 Å². The Bertz CT molecular complexity index is 585. The molecule has 0 saturated heterocycles. The minimum absolute atomic E-state index is 0.847. The van der Waals surface area contributed by atoms with Gasteiger partial charge in [0.05, 0.1) is 0 Å². The largest absolute Gasteiger partial charge is 0.347 e. The number of amidine groups is 1. The summed E-state index contributed by atoms with van der Waals surface area (Å²) in [7, 11) is 0. The van der Waals surface area contributed by atoms with Gasteiger partial charge in [0.25, 0.3) is 0 Å². The first kappa shape index (κ1) is 20.5. The highest BCUT2D eigenvalue weighted by atomic mass is 15.0. The Morgan fingerprint density at radius 3 is 2.77 bits per heavy atom. The summed E-state index contributed by atoms with van der Waals surface area (Å²) in [6.45, 7) is 12.9. The zero-order chi connectivity index (χ0) is 18.8. The van der Waals surface area contributed by atoms with Crippen LogP contribution in [-0.4, -0.2) is 12.4 Å².